The Morgan fingerprint density at radius 2 is 1.79 bits per heavy atom. The third-order valence-electron chi connectivity index (χ3n) is 4.97. The number of nitrogens with zero attached hydrogens (tertiary/aromatic N) is 1. The minimum Gasteiger partial charge on any atom is -0.402 e. The smallest absolute Gasteiger partial charge is 0.364 e. The molecule has 0 spiro atoms. The van der Waals surface area contributed by atoms with Crippen molar-refractivity contribution < 1.29 is 19.1 Å². The van der Waals surface area contributed by atoms with Crippen LogP contribution in [0.2, 0.25) is 0 Å². The Balaban J connectivity index is 1.65. The van der Waals surface area contributed by atoms with Crippen molar-refractivity contribution in [2.75, 3.05) is 0 Å². The molecule has 0 aliphatic carbocycles. The Bertz CT molecular complexity index is 934. The summed E-state index contributed by atoms with van der Waals surface area (Å²) in [5.74, 6) is 0.119. The second-order valence-corrected chi connectivity index (χ2v) is 7.19. The third-order valence-corrected chi connectivity index (χ3v) is 4.97. The van der Waals surface area contributed by atoms with Gasteiger partial charge < -0.3 is 14.3 Å². The molecule has 5 nitrogen and oxygen atoms in total. The van der Waals surface area contributed by atoms with Crippen molar-refractivity contribution in [3.05, 3.63) is 77.5 Å². The Morgan fingerprint density at radius 1 is 1.11 bits per heavy atom. The summed E-state index contributed by atoms with van der Waals surface area (Å²) >= 11 is 0. The lowest BCUT2D eigenvalue weighted by molar-refractivity contribution is -0.130. The monoisotopic (exact) mass is 375 g/mol. The molecule has 0 saturated carbocycles. The molecule has 0 amide bonds. The van der Waals surface area contributed by atoms with Crippen LogP contribution >= 0.6 is 0 Å². The Hall–Kier alpha value is -3.05. The van der Waals surface area contributed by atoms with Crippen molar-refractivity contribution in [1.82, 2.24) is 0 Å². The molecule has 2 aliphatic rings. The van der Waals surface area contributed by atoms with E-state index in [1.165, 1.54) is 0 Å². The Morgan fingerprint density at radius 3 is 2.43 bits per heavy atom. The van der Waals surface area contributed by atoms with Crippen LogP contribution < -0.4 is 0 Å². The van der Waals surface area contributed by atoms with Crippen molar-refractivity contribution in [3.8, 4) is 0 Å². The van der Waals surface area contributed by atoms with Gasteiger partial charge >= 0.3 is 5.97 Å². The largest absolute Gasteiger partial charge is 0.402 e. The number of aliphatic imine (C=N–C) groups is 1. The summed E-state index contributed by atoms with van der Waals surface area (Å²) in [6.07, 6.45) is 1.95. The number of esters is 1. The van der Waals surface area contributed by atoms with Gasteiger partial charge in [0.05, 0.1) is 6.10 Å². The van der Waals surface area contributed by atoms with Crippen molar-refractivity contribution in [1.29, 1.82) is 0 Å². The molecule has 0 bridgehead atoms. The van der Waals surface area contributed by atoms with Crippen molar-refractivity contribution >= 4 is 23.7 Å². The van der Waals surface area contributed by atoms with E-state index in [1.54, 1.807) is 0 Å². The Labute approximate surface area is 163 Å². The first-order valence-corrected chi connectivity index (χ1v) is 9.41. The molecule has 4 rings (SSSR count). The standard InChI is InChI=1S/C23H21NO4/c1-15(13-19-20(14-25)27-19)12-18(16-8-4-2-5-9-16)21-23(26)28-22(24-21)17-10-6-3-7-11-17/h2-11,14-15,19-20H,12-13H2,1H3/b21-18+/t15-,19-,20-/m0/s1. The fraction of sp³-hybridized carbons (Fsp3) is 0.261. The van der Waals surface area contributed by atoms with Gasteiger partial charge in [-0.25, -0.2) is 9.79 Å². The first-order valence-electron chi connectivity index (χ1n) is 9.41. The van der Waals surface area contributed by atoms with E-state index in [9.17, 15) is 9.59 Å². The fourth-order valence-electron chi connectivity index (χ4n) is 3.49. The number of rotatable bonds is 7. The molecule has 142 valence electrons. The second kappa shape index (κ2) is 7.90. The quantitative estimate of drug-likeness (QED) is 0.320. The maximum Gasteiger partial charge on any atom is 0.364 e. The summed E-state index contributed by atoms with van der Waals surface area (Å²) < 4.78 is 10.8. The lowest BCUT2D eigenvalue weighted by atomic mass is 9.90. The Kier molecular flexibility index (Phi) is 5.17. The number of allylic oxidation sites excluding steroid dienone is 1. The van der Waals surface area contributed by atoms with Crippen LogP contribution in [0, 0.1) is 5.92 Å². The van der Waals surface area contributed by atoms with Crippen molar-refractivity contribution in [2.24, 2.45) is 10.9 Å². The molecule has 0 radical (unpaired) electrons. The van der Waals surface area contributed by atoms with E-state index in [1.807, 2.05) is 60.7 Å². The maximum atomic E-state index is 12.6. The average Bonchev–Trinajstić information content (AvgIpc) is 3.37. The van der Waals surface area contributed by atoms with Crippen LogP contribution in [0.25, 0.3) is 5.57 Å². The molecule has 28 heavy (non-hydrogen) atoms. The number of hydrogen-bond donors (Lipinski definition) is 0. The van der Waals surface area contributed by atoms with Gasteiger partial charge in [0, 0.05) is 5.56 Å². The summed E-state index contributed by atoms with van der Waals surface area (Å²) in [5, 5.41) is 0. The molecular formula is C23H21NO4. The van der Waals surface area contributed by atoms with Gasteiger partial charge in [0.2, 0.25) is 5.90 Å². The third kappa shape index (κ3) is 3.94. The first-order chi connectivity index (χ1) is 13.7. The van der Waals surface area contributed by atoms with Crippen LogP contribution in [-0.4, -0.2) is 30.4 Å². The van der Waals surface area contributed by atoms with Gasteiger partial charge in [-0.15, -0.1) is 0 Å². The van der Waals surface area contributed by atoms with Gasteiger partial charge in [-0.2, -0.15) is 0 Å². The van der Waals surface area contributed by atoms with Crippen LogP contribution in [0.5, 0.6) is 0 Å². The zero-order chi connectivity index (χ0) is 19.5. The number of carbonyl (C=O) groups is 2. The van der Waals surface area contributed by atoms with E-state index in [0.717, 1.165) is 29.4 Å². The highest BCUT2D eigenvalue weighted by molar-refractivity contribution is 6.14. The number of hydrogen-bond acceptors (Lipinski definition) is 5. The topological polar surface area (TPSA) is 68.3 Å². The molecule has 2 heterocycles. The van der Waals surface area contributed by atoms with Gasteiger partial charge in [0.1, 0.15) is 6.10 Å². The molecule has 0 aromatic heterocycles. The van der Waals surface area contributed by atoms with Gasteiger partial charge in [-0.05, 0) is 42.0 Å². The highest BCUT2D eigenvalue weighted by Gasteiger charge is 2.39. The first kappa shape index (κ1) is 18.3. The molecule has 0 unspecified atom stereocenters. The molecular weight excluding hydrogens is 354 g/mol. The average molecular weight is 375 g/mol. The molecule has 5 heteroatoms. The lowest BCUT2D eigenvalue weighted by Gasteiger charge is -2.14. The fourth-order valence-corrected chi connectivity index (χ4v) is 3.49. The number of cyclic esters (lactones) is 1. The number of benzene rings is 2. The van der Waals surface area contributed by atoms with Gasteiger partial charge in [0.15, 0.2) is 12.0 Å². The van der Waals surface area contributed by atoms with Gasteiger partial charge in [0.25, 0.3) is 0 Å². The summed E-state index contributed by atoms with van der Waals surface area (Å²) in [7, 11) is 0. The van der Waals surface area contributed by atoms with Crippen molar-refractivity contribution in [3.63, 3.8) is 0 Å². The summed E-state index contributed by atoms with van der Waals surface area (Å²) in [6.45, 7) is 2.09. The molecule has 3 atom stereocenters. The number of carbonyl (C=O) groups excluding carboxylic acids is 2. The minimum absolute atomic E-state index is 0.0200. The highest BCUT2D eigenvalue weighted by Crippen LogP contribution is 2.35. The van der Waals surface area contributed by atoms with E-state index in [4.69, 9.17) is 9.47 Å². The molecule has 2 aromatic rings. The summed E-state index contributed by atoms with van der Waals surface area (Å²) in [5.41, 5.74) is 2.92. The predicted octanol–water partition coefficient (Wildman–Crippen LogP) is 3.78. The number of ether oxygens (including phenoxy) is 2. The van der Waals surface area contributed by atoms with Crippen LogP contribution in [0.15, 0.2) is 71.4 Å². The van der Waals surface area contributed by atoms with Crippen LogP contribution in [-0.2, 0) is 19.1 Å². The molecule has 1 saturated heterocycles. The number of aldehydes is 1. The lowest BCUT2D eigenvalue weighted by Crippen LogP contribution is -2.08. The predicted molar refractivity (Wildman–Crippen MR) is 106 cm³/mol. The van der Waals surface area contributed by atoms with Gasteiger partial charge in [-0.1, -0.05) is 55.5 Å². The zero-order valence-electron chi connectivity index (χ0n) is 15.6. The maximum absolute atomic E-state index is 12.6. The highest BCUT2D eigenvalue weighted by atomic mass is 16.6. The van der Waals surface area contributed by atoms with E-state index in [-0.39, 0.29) is 18.1 Å². The van der Waals surface area contributed by atoms with Crippen LogP contribution in [0.3, 0.4) is 0 Å². The van der Waals surface area contributed by atoms with E-state index in [0.29, 0.717) is 18.0 Å². The molecule has 2 aromatic carbocycles. The summed E-state index contributed by atoms with van der Waals surface area (Å²) in [6, 6.07) is 19.2. The minimum atomic E-state index is -0.432. The van der Waals surface area contributed by atoms with E-state index >= 15 is 0 Å². The normalized spacial score (nSPS) is 23.6. The van der Waals surface area contributed by atoms with E-state index < -0.39 is 5.97 Å². The second-order valence-electron chi connectivity index (χ2n) is 7.19. The zero-order valence-corrected chi connectivity index (χ0v) is 15.6. The molecule has 1 fully saturated rings. The van der Waals surface area contributed by atoms with Crippen LogP contribution in [0.4, 0.5) is 0 Å². The molecule has 0 N–H and O–H groups in total. The van der Waals surface area contributed by atoms with Crippen molar-refractivity contribution in [2.45, 2.75) is 32.0 Å². The summed E-state index contributed by atoms with van der Waals surface area (Å²) in [4.78, 5) is 28.0. The van der Waals surface area contributed by atoms with Crippen LogP contribution in [0.1, 0.15) is 30.9 Å². The number of epoxide rings is 1. The molecule has 2 aliphatic heterocycles. The van der Waals surface area contributed by atoms with E-state index in [2.05, 4.69) is 11.9 Å². The SMILES string of the molecule is C[C@@H](C/C(=C1\N=C(c2ccccc2)OC1=O)c1ccccc1)C[C@@H]1O[C@H]1C=O. The van der Waals surface area contributed by atoms with Gasteiger partial charge in [-0.3, -0.25) is 0 Å².